The van der Waals surface area contributed by atoms with Gasteiger partial charge in [0, 0.05) is 65.8 Å². The first-order valence-electron chi connectivity index (χ1n) is 13.7. The van der Waals surface area contributed by atoms with Gasteiger partial charge in [0.25, 0.3) is 5.91 Å². The van der Waals surface area contributed by atoms with Crippen LogP contribution in [0.25, 0.3) is 0 Å². The summed E-state index contributed by atoms with van der Waals surface area (Å²) in [6, 6.07) is 14.3. The number of rotatable bonds is 6. The topological polar surface area (TPSA) is 76.6 Å². The summed E-state index contributed by atoms with van der Waals surface area (Å²) in [5, 5.41) is 11.0. The first-order chi connectivity index (χ1) is 18.2. The second-order valence-electron chi connectivity index (χ2n) is 11.6. The number of nitrogens with zero attached hydrogens (tertiary/aromatic N) is 4. The summed E-state index contributed by atoms with van der Waals surface area (Å²) < 4.78 is 6.37. The van der Waals surface area contributed by atoms with Crippen molar-refractivity contribution in [1.82, 2.24) is 19.6 Å². The first-order valence-corrected chi connectivity index (χ1v) is 13.7. The highest BCUT2D eigenvalue weighted by molar-refractivity contribution is 5.97. The lowest BCUT2D eigenvalue weighted by Crippen LogP contribution is -2.48. The third-order valence-electron chi connectivity index (χ3n) is 7.86. The van der Waals surface area contributed by atoms with Crippen LogP contribution in [0.1, 0.15) is 47.8 Å². The van der Waals surface area contributed by atoms with Crippen LogP contribution >= 0.6 is 0 Å². The maximum Gasteiger partial charge on any atom is 0.257 e. The molecule has 8 nitrogen and oxygen atoms in total. The molecule has 38 heavy (non-hydrogen) atoms. The van der Waals surface area contributed by atoms with Crippen molar-refractivity contribution in [1.29, 1.82) is 0 Å². The Kier molecular flexibility index (Phi) is 7.75. The van der Waals surface area contributed by atoms with Gasteiger partial charge in [0.15, 0.2) is 0 Å². The Morgan fingerprint density at radius 1 is 1.00 bits per heavy atom. The van der Waals surface area contributed by atoms with E-state index in [1.54, 1.807) is 11.8 Å². The molecule has 1 saturated heterocycles. The second-order valence-corrected chi connectivity index (χ2v) is 11.6. The molecule has 1 fully saturated rings. The molecule has 3 aliphatic heterocycles. The third kappa shape index (κ3) is 6.20. The van der Waals surface area contributed by atoms with E-state index in [0.717, 1.165) is 57.8 Å². The van der Waals surface area contributed by atoms with Crippen LogP contribution < -0.4 is 4.74 Å². The molecule has 8 heteroatoms. The van der Waals surface area contributed by atoms with E-state index in [9.17, 15) is 14.7 Å². The predicted molar refractivity (Wildman–Crippen MR) is 146 cm³/mol. The molecule has 1 atom stereocenters. The Bertz CT molecular complexity index is 1170. The lowest BCUT2D eigenvalue weighted by molar-refractivity contribution is -0.130. The van der Waals surface area contributed by atoms with E-state index in [-0.39, 0.29) is 18.4 Å². The normalized spacial score (nSPS) is 20.8. The average molecular weight is 521 g/mol. The van der Waals surface area contributed by atoms with Crippen LogP contribution in [-0.2, 0) is 24.3 Å². The highest BCUT2D eigenvalue weighted by atomic mass is 16.5. The summed E-state index contributed by atoms with van der Waals surface area (Å²) in [7, 11) is 0. The molecule has 3 heterocycles. The molecule has 5 rings (SSSR count). The maximum absolute atomic E-state index is 13.6. The number of fused-ring (bicyclic) bond motifs is 2. The van der Waals surface area contributed by atoms with Crippen LogP contribution in [0.3, 0.4) is 0 Å². The smallest absolute Gasteiger partial charge is 0.257 e. The Hall–Kier alpha value is -2.94. The number of piperazine rings is 1. The van der Waals surface area contributed by atoms with E-state index in [1.807, 2.05) is 36.9 Å². The molecule has 0 aromatic heterocycles. The number of benzene rings is 2. The number of carbonyl (C=O) groups excluding carboxylic acids is 2. The lowest BCUT2D eigenvalue weighted by Gasteiger charge is -2.34. The van der Waals surface area contributed by atoms with E-state index in [0.29, 0.717) is 24.4 Å². The number of aliphatic hydroxyl groups excluding tert-OH is 1. The van der Waals surface area contributed by atoms with Gasteiger partial charge in [0.2, 0.25) is 5.91 Å². The molecule has 0 saturated carbocycles. The Labute approximate surface area is 225 Å². The quantitative estimate of drug-likeness (QED) is 0.631. The molecule has 0 spiro atoms. The fourth-order valence-corrected chi connectivity index (χ4v) is 5.90. The monoisotopic (exact) mass is 520 g/mol. The van der Waals surface area contributed by atoms with E-state index in [1.165, 1.54) is 11.1 Å². The fraction of sp³-hybridized carbons (Fsp3) is 0.533. The third-order valence-corrected chi connectivity index (χ3v) is 7.86. The minimum atomic E-state index is -0.644. The number of hydrogen-bond acceptors (Lipinski definition) is 6. The number of carbonyl (C=O) groups is 2. The molecular weight excluding hydrogens is 480 g/mol. The molecule has 2 aromatic rings. The van der Waals surface area contributed by atoms with Crippen molar-refractivity contribution < 1.29 is 19.4 Å². The van der Waals surface area contributed by atoms with Gasteiger partial charge < -0.3 is 19.6 Å². The Morgan fingerprint density at radius 2 is 1.74 bits per heavy atom. The predicted octanol–water partition coefficient (Wildman–Crippen LogP) is 2.38. The van der Waals surface area contributed by atoms with Gasteiger partial charge in [-0.25, -0.2) is 0 Å². The van der Waals surface area contributed by atoms with Crippen molar-refractivity contribution in [3.8, 4) is 5.75 Å². The Balaban J connectivity index is 1.23. The van der Waals surface area contributed by atoms with E-state index in [2.05, 4.69) is 34.1 Å². The molecule has 2 amide bonds. The second kappa shape index (κ2) is 11.0. The first kappa shape index (κ1) is 26.7. The van der Waals surface area contributed by atoms with Crippen LogP contribution in [0.15, 0.2) is 42.5 Å². The molecule has 0 unspecified atom stereocenters. The summed E-state index contributed by atoms with van der Waals surface area (Å²) in [5.41, 5.74) is 3.74. The van der Waals surface area contributed by atoms with E-state index >= 15 is 0 Å². The summed E-state index contributed by atoms with van der Waals surface area (Å²) >= 11 is 0. The lowest BCUT2D eigenvalue weighted by atomic mass is 9.99. The number of aliphatic hydroxyl groups is 1. The van der Waals surface area contributed by atoms with Crippen LogP contribution in [0.2, 0.25) is 0 Å². The molecule has 1 N–H and O–H groups in total. The minimum Gasteiger partial charge on any atom is -0.485 e. The van der Waals surface area contributed by atoms with Crippen molar-refractivity contribution >= 4 is 11.8 Å². The van der Waals surface area contributed by atoms with Gasteiger partial charge in [-0.15, -0.1) is 0 Å². The van der Waals surface area contributed by atoms with Crippen LogP contribution in [0.5, 0.6) is 5.75 Å². The van der Waals surface area contributed by atoms with Crippen molar-refractivity contribution in [3.05, 3.63) is 64.7 Å². The van der Waals surface area contributed by atoms with Crippen LogP contribution in [0, 0.1) is 0 Å². The molecular formula is C30H40N4O4. The SMILES string of the molecule is CC(=O)N1CCN(Cc2ccc3c(c2)OC(C)(C)CN(C[C@H](O)CN2CCc4ccccc4C2)C3=O)CC1. The zero-order chi connectivity index (χ0) is 26.9. The average Bonchev–Trinajstić information content (AvgIpc) is 2.96. The minimum absolute atomic E-state index is 0.102. The summed E-state index contributed by atoms with van der Waals surface area (Å²) in [6.07, 6.45) is 0.337. The highest BCUT2D eigenvalue weighted by Gasteiger charge is 2.35. The number of amides is 2. The van der Waals surface area contributed by atoms with Gasteiger partial charge in [-0.3, -0.25) is 19.4 Å². The van der Waals surface area contributed by atoms with Gasteiger partial charge in [-0.1, -0.05) is 30.3 Å². The van der Waals surface area contributed by atoms with Gasteiger partial charge in [-0.2, -0.15) is 0 Å². The standard InChI is InChI=1S/C30H40N4O4/c1-22(35)33-14-12-31(13-15-33)17-23-8-9-27-28(16-23)38-30(2,3)21-34(29(27)37)20-26(36)19-32-11-10-24-6-4-5-7-25(24)18-32/h4-9,16,26,36H,10-15,17-21H2,1-3H3/t26-/m1/s1. The maximum atomic E-state index is 13.6. The van der Waals surface area contributed by atoms with Crippen molar-refractivity contribution in [2.75, 3.05) is 52.4 Å². The Morgan fingerprint density at radius 3 is 2.47 bits per heavy atom. The van der Waals surface area contributed by atoms with Crippen molar-refractivity contribution in [3.63, 3.8) is 0 Å². The molecule has 0 aliphatic carbocycles. The van der Waals surface area contributed by atoms with Crippen LogP contribution in [0.4, 0.5) is 0 Å². The zero-order valence-electron chi connectivity index (χ0n) is 22.9. The van der Waals surface area contributed by atoms with Gasteiger partial charge in [-0.05, 0) is 49.1 Å². The summed E-state index contributed by atoms with van der Waals surface area (Å²) in [5.74, 6) is 0.625. The van der Waals surface area contributed by atoms with Gasteiger partial charge in [0.1, 0.15) is 11.4 Å². The van der Waals surface area contributed by atoms with Gasteiger partial charge in [0.05, 0.1) is 18.2 Å². The van der Waals surface area contributed by atoms with E-state index < -0.39 is 11.7 Å². The molecule has 0 bridgehead atoms. The highest BCUT2D eigenvalue weighted by Crippen LogP contribution is 2.31. The number of hydrogen-bond donors (Lipinski definition) is 1. The zero-order valence-corrected chi connectivity index (χ0v) is 22.9. The van der Waals surface area contributed by atoms with Crippen molar-refractivity contribution in [2.45, 2.75) is 52.0 Å². The molecule has 2 aromatic carbocycles. The summed E-state index contributed by atoms with van der Waals surface area (Å²) in [4.78, 5) is 33.4. The van der Waals surface area contributed by atoms with E-state index in [4.69, 9.17) is 4.74 Å². The number of β-amino-alcohol motifs (C(OH)–C–C–N with tert-alkyl or cyclic N) is 1. The van der Waals surface area contributed by atoms with Gasteiger partial charge >= 0.3 is 0 Å². The molecule has 0 radical (unpaired) electrons. The fourth-order valence-electron chi connectivity index (χ4n) is 5.90. The molecule has 204 valence electrons. The number of ether oxygens (including phenoxy) is 1. The van der Waals surface area contributed by atoms with Crippen molar-refractivity contribution in [2.24, 2.45) is 0 Å². The van der Waals surface area contributed by atoms with Crippen LogP contribution in [-0.4, -0.2) is 101 Å². The summed E-state index contributed by atoms with van der Waals surface area (Å²) in [6.45, 7) is 12.4. The molecule has 3 aliphatic rings. The largest absolute Gasteiger partial charge is 0.485 e.